The minimum absolute atomic E-state index is 0.0416. The molecule has 0 atom stereocenters. The number of ether oxygens (including phenoxy) is 1. The van der Waals surface area contributed by atoms with Crippen LogP contribution in [0.3, 0.4) is 0 Å². The molecule has 0 radical (unpaired) electrons. The molecule has 1 aromatic heterocycles. The molecule has 8 heteroatoms. The van der Waals surface area contributed by atoms with E-state index in [9.17, 15) is 14.9 Å². The molecule has 1 heterocycles. The zero-order valence-corrected chi connectivity index (χ0v) is 14.0. The average Bonchev–Trinajstić information content (AvgIpc) is 2.45. The van der Waals surface area contributed by atoms with Crippen LogP contribution in [-0.2, 0) is 16.0 Å². The quantitative estimate of drug-likeness (QED) is 0.439. The lowest BCUT2D eigenvalue weighted by molar-refractivity contribution is -0.384. The highest BCUT2D eigenvalue weighted by molar-refractivity contribution is 9.10. The molecule has 0 fully saturated rings. The van der Waals surface area contributed by atoms with Crippen molar-refractivity contribution in [2.75, 3.05) is 6.61 Å². The maximum atomic E-state index is 11.4. The monoisotopic (exact) mass is 386 g/mol. The van der Waals surface area contributed by atoms with Crippen LogP contribution in [0.4, 0.5) is 5.69 Å². The Morgan fingerprint density at radius 3 is 2.86 bits per heavy atom. The van der Waals surface area contributed by atoms with Gasteiger partial charge in [0.15, 0.2) is 0 Å². The molecule has 0 spiro atoms. The summed E-state index contributed by atoms with van der Waals surface area (Å²) >= 11 is 9.49. The summed E-state index contributed by atoms with van der Waals surface area (Å²) in [5.41, 5.74) is 1.11. The summed E-state index contributed by atoms with van der Waals surface area (Å²) in [4.78, 5) is 25.8. The number of aryl methyl sites for hydroxylation is 1. The fraction of sp³-hybridized carbons (Fsp3) is 0.286. The highest BCUT2D eigenvalue weighted by Gasteiger charge is 2.17. The van der Waals surface area contributed by atoms with Gasteiger partial charge in [0, 0.05) is 16.3 Å². The summed E-state index contributed by atoms with van der Waals surface area (Å²) in [7, 11) is 0. The molecular formula is C14H12BrClN2O4. The Morgan fingerprint density at radius 1 is 1.50 bits per heavy atom. The van der Waals surface area contributed by atoms with E-state index in [-0.39, 0.29) is 23.1 Å². The summed E-state index contributed by atoms with van der Waals surface area (Å²) in [5.74, 6) is -0.294. The third kappa shape index (κ3) is 3.53. The molecule has 116 valence electrons. The second-order valence-electron chi connectivity index (χ2n) is 4.48. The van der Waals surface area contributed by atoms with Crippen LogP contribution in [0.25, 0.3) is 10.9 Å². The fourth-order valence-corrected chi connectivity index (χ4v) is 2.80. The van der Waals surface area contributed by atoms with E-state index in [1.807, 2.05) is 0 Å². The number of fused-ring (bicyclic) bond motifs is 1. The van der Waals surface area contributed by atoms with Gasteiger partial charge in [0.2, 0.25) is 0 Å². The van der Waals surface area contributed by atoms with E-state index in [0.717, 1.165) is 16.2 Å². The van der Waals surface area contributed by atoms with E-state index >= 15 is 0 Å². The van der Waals surface area contributed by atoms with Crippen LogP contribution in [0.1, 0.15) is 18.9 Å². The van der Waals surface area contributed by atoms with Crippen LogP contribution < -0.4 is 0 Å². The van der Waals surface area contributed by atoms with Crippen LogP contribution in [0.15, 0.2) is 22.8 Å². The van der Waals surface area contributed by atoms with Crippen LogP contribution in [0.2, 0.25) is 5.02 Å². The molecule has 0 bridgehead atoms. The number of carbonyl (C=O) groups excluding carboxylic acids is 1. The fourth-order valence-electron chi connectivity index (χ4n) is 2.00. The normalized spacial score (nSPS) is 10.7. The first-order valence-corrected chi connectivity index (χ1v) is 7.67. The number of nitro groups is 1. The first kappa shape index (κ1) is 16.6. The van der Waals surface area contributed by atoms with E-state index in [1.54, 1.807) is 19.1 Å². The molecule has 2 rings (SSSR count). The third-order valence-corrected chi connectivity index (χ3v) is 4.19. The average molecular weight is 388 g/mol. The van der Waals surface area contributed by atoms with Gasteiger partial charge in [-0.25, -0.2) is 4.98 Å². The van der Waals surface area contributed by atoms with Crippen molar-refractivity contribution < 1.29 is 14.5 Å². The lowest BCUT2D eigenvalue weighted by Gasteiger charge is -2.08. The molecule has 0 aliphatic heterocycles. The number of esters is 1. The number of nitrogens with zero attached hydrogens (tertiary/aromatic N) is 2. The van der Waals surface area contributed by atoms with Crippen molar-refractivity contribution in [3.63, 3.8) is 0 Å². The highest BCUT2D eigenvalue weighted by Crippen LogP contribution is 2.34. The van der Waals surface area contributed by atoms with Gasteiger partial charge in [-0.1, -0.05) is 27.5 Å². The van der Waals surface area contributed by atoms with Crippen molar-refractivity contribution in [2.24, 2.45) is 0 Å². The lowest BCUT2D eigenvalue weighted by atomic mass is 10.1. The summed E-state index contributed by atoms with van der Waals surface area (Å²) in [6.07, 6.45) is 1.79. The molecular weight excluding hydrogens is 376 g/mol. The van der Waals surface area contributed by atoms with Gasteiger partial charge in [-0.2, -0.15) is 0 Å². The predicted molar refractivity (Wildman–Crippen MR) is 86.1 cm³/mol. The van der Waals surface area contributed by atoms with Gasteiger partial charge in [0.25, 0.3) is 0 Å². The van der Waals surface area contributed by atoms with Crippen molar-refractivity contribution >= 4 is 50.1 Å². The standard InChI is InChI=1S/C14H12BrClN2O4/c1-2-22-13(19)4-3-8-5-9-11(6-10(8)15)17-7-12(14(9)16)18(20)21/h5-7H,2-4H2,1H3. The number of halogens is 2. The first-order chi connectivity index (χ1) is 10.4. The van der Waals surface area contributed by atoms with Crippen LogP contribution in [0, 0.1) is 10.1 Å². The molecule has 0 unspecified atom stereocenters. The van der Waals surface area contributed by atoms with Crippen molar-refractivity contribution in [2.45, 2.75) is 19.8 Å². The summed E-state index contributed by atoms with van der Waals surface area (Å²) in [6.45, 7) is 2.08. The molecule has 0 aliphatic rings. The molecule has 0 N–H and O–H groups in total. The topological polar surface area (TPSA) is 82.3 Å². The van der Waals surface area contributed by atoms with E-state index < -0.39 is 4.92 Å². The number of carbonyl (C=O) groups is 1. The molecule has 1 aromatic carbocycles. The molecule has 22 heavy (non-hydrogen) atoms. The van der Waals surface area contributed by atoms with Crippen molar-refractivity contribution in [1.29, 1.82) is 0 Å². The maximum Gasteiger partial charge on any atom is 0.306 e. The van der Waals surface area contributed by atoms with Gasteiger partial charge in [-0.15, -0.1) is 0 Å². The summed E-state index contributed by atoms with van der Waals surface area (Å²) < 4.78 is 5.65. The number of benzene rings is 1. The second kappa shape index (κ2) is 7.02. The highest BCUT2D eigenvalue weighted by atomic mass is 79.9. The largest absolute Gasteiger partial charge is 0.466 e. The number of rotatable bonds is 5. The number of pyridine rings is 1. The Bertz CT molecular complexity index is 751. The Labute approximate surface area is 139 Å². The molecule has 0 aliphatic carbocycles. The Balaban J connectivity index is 2.39. The van der Waals surface area contributed by atoms with Gasteiger partial charge in [-0.05, 0) is 31.0 Å². The van der Waals surface area contributed by atoms with E-state index in [2.05, 4.69) is 20.9 Å². The van der Waals surface area contributed by atoms with E-state index in [0.29, 0.717) is 23.9 Å². The van der Waals surface area contributed by atoms with Gasteiger partial charge in [-0.3, -0.25) is 14.9 Å². The van der Waals surface area contributed by atoms with E-state index in [1.165, 1.54) is 0 Å². The number of aromatic nitrogens is 1. The SMILES string of the molecule is CCOC(=O)CCc1cc2c(Cl)c([N+](=O)[O-])cnc2cc1Br. The van der Waals surface area contributed by atoms with Gasteiger partial charge in [0.1, 0.15) is 11.2 Å². The van der Waals surface area contributed by atoms with Crippen LogP contribution >= 0.6 is 27.5 Å². The first-order valence-electron chi connectivity index (χ1n) is 6.50. The number of hydrogen-bond donors (Lipinski definition) is 0. The van der Waals surface area contributed by atoms with E-state index in [4.69, 9.17) is 16.3 Å². The van der Waals surface area contributed by atoms with Gasteiger partial charge >= 0.3 is 11.7 Å². The van der Waals surface area contributed by atoms with Crippen LogP contribution in [0.5, 0.6) is 0 Å². The zero-order valence-electron chi connectivity index (χ0n) is 11.6. The van der Waals surface area contributed by atoms with Crippen LogP contribution in [-0.4, -0.2) is 22.5 Å². The number of hydrogen-bond acceptors (Lipinski definition) is 5. The van der Waals surface area contributed by atoms with Crippen molar-refractivity contribution in [1.82, 2.24) is 4.98 Å². The van der Waals surface area contributed by atoms with Crippen molar-refractivity contribution in [3.8, 4) is 0 Å². The molecule has 0 saturated heterocycles. The predicted octanol–water partition coefficient (Wildman–Crippen LogP) is 4.05. The molecule has 2 aromatic rings. The zero-order chi connectivity index (χ0) is 16.3. The minimum atomic E-state index is -0.574. The van der Waals surface area contributed by atoms with Gasteiger partial charge in [0.05, 0.1) is 17.0 Å². The molecule has 0 amide bonds. The van der Waals surface area contributed by atoms with Crippen molar-refractivity contribution in [3.05, 3.63) is 43.5 Å². The Hall–Kier alpha value is -1.73. The Kier molecular flexibility index (Phi) is 5.31. The lowest BCUT2D eigenvalue weighted by Crippen LogP contribution is -2.05. The summed E-state index contributed by atoms with van der Waals surface area (Å²) in [6, 6.07) is 3.44. The maximum absolute atomic E-state index is 11.4. The molecule has 0 saturated carbocycles. The second-order valence-corrected chi connectivity index (χ2v) is 5.71. The minimum Gasteiger partial charge on any atom is -0.466 e. The Morgan fingerprint density at radius 2 is 2.23 bits per heavy atom. The smallest absolute Gasteiger partial charge is 0.306 e. The molecule has 6 nitrogen and oxygen atoms in total. The van der Waals surface area contributed by atoms with Gasteiger partial charge < -0.3 is 4.74 Å². The summed E-state index contributed by atoms with van der Waals surface area (Å²) in [5, 5.41) is 11.4. The third-order valence-electron chi connectivity index (χ3n) is 3.05.